The zero-order valence-corrected chi connectivity index (χ0v) is 11.0. The second-order valence-electron chi connectivity index (χ2n) is 3.29. The number of halogens is 1. The summed E-state index contributed by atoms with van der Waals surface area (Å²) >= 11 is 3.44. The van der Waals surface area contributed by atoms with Gasteiger partial charge in [0.15, 0.2) is 0 Å². The molecule has 90 valence electrons. The van der Waals surface area contributed by atoms with Gasteiger partial charge in [-0.2, -0.15) is 4.98 Å². The van der Waals surface area contributed by atoms with Crippen LogP contribution in [0.4, 0.5) is 0 Å². The van der Waals surface area contributed by atoms with Crippen molar-refractivity contribution >= 4 is 15.9 Å². The molecule has 0 N–H and O–H groups in total. The lowest BCUT2D eigenvalue weighted by atomic mass is 10.3. The maximum atomic E-state index is 5.12. The van der Waals surface area contributed by atoms with Crippen molar-refractivity contribution in [3.8, 4) is 17.4 Å². The Kier molecular flexibility index (Phi) is 3.68. The molecule has 0 aliphatic carbocycles. The first-order chi connectivity index (χ1) is 8.24. The molecule has 0 aliphatic rings. The Morgan fingerprint density at radius 3 is 2.82 bits per heavy atom. The summed E-state index contributed by atoms with van der Waals surface area (Å²) in [5, 5.41) is 11.6. The normalized spacial score (nSPS) is 12.4. The third-order valence-corrected chi connectivity index (χ3v) is 3.19. The van der Waals surface area contributed by atoms with E-state index in [4.69, 9.17) is 9.26 Å². The second-order valence-corrected chi connectivity index (χ2v) is 4.40. The van der Waals surface area contributed by atoms with Gasteiger partial charge in [0.25, 0.3) is 0 Å². The van der Waals surface area contributed by atoms with Crippen LogP contribution < -0.4 is 4.74 Å². The average Bonchev–Trinajstić information content (AvgIpc) is 2.87. The molecule has 2 aromatic heterocycles. The van der Waals surface area contributed by atoms with Gasteiger partial charge in [-0.25, -0.2) is 0 Å². The highest BCUT2D eigenvalue weighted by molar-refractivity contribution is 9.09. The zero-order valence-electron chi connectivity index (χ0n) is 9.42. The Morgan fingerprint density at radius 1 is 1.41 bits per heavy atom. The summed E-state index contributed by atoms with van der Waals surface area (Å²) < 4.78 is 10.0. The molecule has 0 saturated heterocycles. The van der Waals surface area contributed by atoms with Crippen molar-refractivity contribution in [2.75, 3.05) is 7.11 Å². The van der Waals surface area contributed by atoms with E-state index in [1.54, 1.807) is 12.1 Å². The third kappa shape index (κ3) is 2.60. The zero-order chi connectivity index (χ0) is 12.3. The van der Waals surface area contributed by atoms with Crippen LogP contribution in [0.5, 0.6) is 5.88 Å². The number of aromatic nitrogens is 4. The van der Waals surface area contributed by atoms with Gasteiger partial charge in [-0.1, -0.05) is 28.0 Å². The Bertz CT molecular complexity index is 485. The molecular weight excluding hydrogens is 288 g/mol. The average molecular weight is 299 g/mol. The molecule has 0 amide bonds. The molecule has 2 aromatic rings. The van der Waals surface area contributed by atoms with E-state index in [-0.39, 0.29) is 4.83 Å². The summed E-state index contributed by atoms with van der Waals surface area (Å²) in [7, 11) is 1.53. The molecule has 2 rings (SSSR count). The fourth-order valence-electron chi connectivity index (χ4n) is 1.19. The summed E-state index contributed by atoms with van der Waals surface area (Å²) in [5.41, 5.74) is 0.552. The van der Waals surface area contributed by atoms with E-state index in [2.05, 4.69) is 36.3 Å². The van der Waals surface area contributed by atoms with Crippen molar-refractivity contribution in [3.63, 3.8) is 0 Å². The topological polar surface area (TPSA) is 73.9 Å². The SMILES string of the molecule is CCC(Br)c1nc(-c2ccc(OC)nn2)no1. The van der Waals surface area contributed by atoms with E-state index in [1.807, 2.05) is 6.92 Å². The summed E-state index contributed by atoms with van der Waals surface area (Å²) in [6.45, 7) is 2.02. The highest BCUT2D eigenvalue weighted by Crippen LogP contribution is 2.25. The lowest BCUT2D eigenvalue weighted by molar-refractivity contribution is 0.376. The van der Waals surface area contributed by atoms with E-state index < -0.39 is 0 Å². The fourth-order valence-corrected chi connectivity index (χ4v) is 1.38. The number of alkyl halides is 1. The van der Waals surface area contributed by atoms with Gasteiger partial charge in [0.1, 0.15) is 5.69 Å². The summed E-state index contributed by atoms with van der Waals surface area (Å²) in [6.07, 6.45) is 0.871. The first-order valence-electron chi connectivity index (χ1n) is 5.10. The number of ether oxygens (including phenoxy) is 1. The Hall–Kier alpha value is -1.50. The highest BCUT2D eigenvalue weighted by Gasteiger charge is 2.15. The standard InChI is InChI=1S/C10H11BrN4O2/c1-3-6(11)10-12-9(15-17-10)7-4-5-8(16-2)14-13-7/h4-6H,3H2,1-2H3. The quantitative estimate of drug-likeness (QED) is 0.807. The van der Waals surface area contributed by atoms with Crippen LogP contribution in [0.3, 0.4) is 0 Å². The molecule has 0 radical (unpaired) electrons. The van der Waals surface area contributed by atoms with Crippen molar-refractivity contribution in [2.45, 2.75) is 18.2 Å². The molecule has 7 heteroatoms. The van der Waals surface area contributed by atoms with Gasteiger partial charge in [-0.15, -0.1) is 10.2 Å². The molecule has 2 heterocycles. The molecule has 1 atom stereocenters. The van der Waals surface area contributed by atoms with E-state index in [9.17, 15) is 0 Å². The minimum atomic E-state index is 0.0648. The number of nitrogens with zero attached hydrogens (tertiary/aromatic N) is 4. The molecule has 0 bridgehead atoms. The van der Waals surface area contributed by atoms with Crippen molar-refractivity contribution in [3.05, 3.63) is 18.0 Å². The molecular formula is C10H11BrN4O2. The molecule has 0 aliphatic heterocycles. The molecule has 0 aromatic carbocycles. The predicted octanol–water partition coefficient (Wildman–Crippen LogP) is 2.38. The van der Waals surface area contributed by atoms with Gasteiger partial charge < -0.3 is 9.26 Å². The fraction of sp³-hybridized carbons (Fsp3) is 0.400. The summed E-state index contributed by atoms with van der Waals surface area (Å²) in [5.74, 6) is 1.41. The van der Waals surface area contributed by atoms with Crippen LogP contribution in [0.2, 0.25) is 0 Å². The van der Waals surface area contributed by atoms with Crippen LogP contribution in [-0.2, 0) is 0 Å². The predicted molar refractivity (Wildman–Crippen MR) is 63.8 cm³/mol. The van der Waals surface area contributed by atoms with E-state index in [0.717, 1.165) is 6.42 Å². The van der Waals surface area contributed by atoms with E-state index >= 15 is 0 Å². The molecule has 0 fully saturated rings. The largest absolute Gasteiger partial charge is 0.480 e. The Labute approximate surface area is 107 Å². The van der Waals surface area contributed by atoms with Gasteiger partial charge in [-0.05, 0) is 12.5 Å². The number of hydrogen-bond donors (Lipinski definition) is 0. The monoisotopic (exact) mass is 298 g/mol. The number of rotatable bonds is 4. The number of hydrogen-bond acceptors (Lipinski definition) is 6. The van der Waals surface area contributed by atoms with Crippen LogP contribution in [0.15, 0.2) is 16.7 Å². The minimum Gasteiger partial charge on any atom is -0.480 e. The highest BCUT2D eigenvalue weighted by atomic mass is 79.9. The smallest absolute Gasteiger partial charge is 0.240 e. The van der Waals surface area contributed by atoms with Crippen molar-refractivity contribution in [1.29, 1.82) is 0 Å². The van der Waals surface area contributed by atoms with Crippen LogP contribution in [0.1, 0.15) is 24.1 Å². The van der Waals surface area contributed by atoms with Crippen LogP contribution in [-0.4, -0.2) is 27.4 Å². The molecule has 1 unspecified atom stereocenters. The first-order valence-corrected chi connectivity index (χ1v) is 6.02. The lowest BCUT2D eigenvalue weighted by Gasteiger charge is -1.97. The molecule has 17 heavy (non-hydrogen) atoms. The third-order valence-electron chi connectivity index (χ3n) is 2.15. The molecule has 0 spiro atoms. The maximum absolute atomic E-state index is 5.12. The lowest BCUT2D eigenvalue weighted by Crippen LogP contribution is -1.93. The molecule has 6 nitrogen and oxygen atoms in total. The maximum Gasteiger partial charge on any atom is 0.240 e. The van der Waals surface area contributed by atoms with E-state index in [0.29, 0.717) is 23.3 Å². The summed E-state index contributed by atoms with van der Waals surface area (Å²) in [4.78, 5) is 4.30. The second kappa shape index (κ2) is 5.22. The van der Waals surface area contributed by atoms with Gasteiger partial charge in [0.05, 0.1) is 11.9 Å². The van der Waals surface area contributed by atoms with Crippen LogP contribution >= 0.6 is 15.9 Å². The van der Waals surface area contributed by atoms with Gasteiger partial charge >= 0.3 is 0 Å². The molecule has 0 saturated carbocycles. The Morgan fingerprint density at radius 2 is 2.24 bits per heavy atom. The van der Waals surface area contributed by atoms with Crippen molar-refractivity contribution in [1.82, 2.24) is 20.3 Å². The van der Waals surface area contributed by atoms with Crippen LogP contribution in [0, 0.1) is 0 Å². The first kappa shape index (κ1) is 12.0. The van der Waals surface area contributed by atoms with Crippen molar-refractivity contribution in [2.24, 2.45) is 0 Å². The van der Waals surface area contributed by atoms with Gasteiger partial charge in [0, 0.05) is 6.07 Å². The Balaban J connectivity index is 2.24. The van der Waals surface area contributed by atoms with Crippen LogP contribution in [0.25, 0.3) is 11.5 Å². The van der Waals surface area contributed by atoms with Gasteiger partial charge in [0.2, 0.25) is 17.6 Å². The van der Waals surface area contributed by atoms with E-state index in [1.165, 1.54) is 7.11 Å². The summed E-state index contributed by atoms with van der Waals surface area (Å²) in [6, 6.07) is 3.43. The minimum absolute atomic E-state index is 0.0648. The van der Waals surface area contributed by atoms with Crippen molar-refractivity contribution < 1.29 is 9.26 Å². The van der Waals surface area contributed by atoms with Gasteiger partial charge in [-0.3, -0.25) is 0 Å². The number of methoxy groups -OCH3 is 1.